The van der Waals surface area contributed by atoms with Crippen molar-refractivity contribution in [2.45, 2.75) is 43.9 Å². The molecule has 1 aliphatic heterocycles. The molecule has 1 aliphatic rings. The van der Waals surface area contributed by atoms with Crippen molar-refractivity contribution in [2.24, 2.45) is 0 Å². The summed E-state index contributed by atoms with van der Waals surface area (Å²) in [5.74, 6) is 0.766. The number of nitrogens with zero attached hydrogens (tertiary/aromatic N) is 2. The summed E-state index contributed by atoms with van der Waals surface area (Å²) in [5, 5.41) is 0. The molecule has 0 N–H and O–H groups in total. The summed E-state index contributed by atoms with van der Waals surface area (Å²) in [6.07, 6.45) is 1.61. The standard InChI is InChI=1S/C23H30N2O5S/c1-17(2)29-23(26)24(3)15-18-6-5-7-20(14-18)30-21-12-13-25(16-21)19-8-10-22(11-9-19)31(4,27)28/h5-11,14,17,21H,12-13,15-16H2,1-4H3/t21-/m0/s1. The average Bonchev–Trinajstić information content (AvgIpc) is 3.15. The summed E-state index contributed by atoms with van der Waals surface area (Å²) in [5.41, 5.74) is 1.95. The molecule has 1 fully saturated rings. The van der Waals surface area contributed by atoms with Crippen LogP contribution in [0.25, 0.3) is 0 Å². The van der Waals surface area contributed by atoms with E-state index in [1.807, 2.05) is 50.2 Å². The second-order valence-corrected chi connectivity index (χ2v) is 10.2. The summed E-state index contributed by atoms with van der Waals surface area (Å²) in [4.78, 5) is 16.1. The molecule has 0 spiro atoms. The fraction of sp³-hybridized carbons (Fsp3) is 0.435. The minimum Gasteiger partial charge on any atom is -0.489 e. The highest BCUT2D eigenvalue weighted by atomic mass is 32.2. The third kappa shape index (κ3) is 6.37. The third-order valence-corrected chi connectivity index (χ3v) is 6.17. The van der Waals surface area contributed by atoms with Gasteiger partial charge >= 0.3 is 6.09 Å². The number of carbonyl (C=O) groups is 1. The molecule has 1 saturated heterocycles. The van der Waals surface area contributed by atoms with Gasteiger partial charge in [-0.2, -0.15) is 0 Å². The van der Waals surface area contributed by atoms with Crippen molar-refractivity contribution in [2.75, 3.05) is 31.3 Å². The van der Waals surface area contributed by atoms with Crippen LogP contribution in [0.1, 0.15) is 25.8 Å². The van der Waals surface area contributed by atoms with Gasteiger partial charge < -0.3 is 19.3 Å². The molecule has 7 nitrogen and oxygen atoms in total. The summed E-state index contributed by atoms with van der Waals surface area (Å²) >= 11 is 0. The molecule has 2 aromatic carbocycles. The topological polar surface area (TPSA) is 76.2 Å². The lowest BCUT2D eigenvalue weighted by atomic mass is 10.2. The molecule has 1 heterocycles. The second kappa shape index (κ2) is 9.60. The van der Waals surface area contributed by atoms with Gasteiger partial charge in [0.05, 0.1) is 17.5 Å². The molecule has 8 heteroatoms. The molecule has 0 aromatic heterocycles. The Labute approximate surface area is 184 Å². The van der Waals surface area contributed by atoms with E-state index in [-0.39, 0.29) is 18.3 Å². The minimum absolute atomic E-state index is 0.0356. The molecular formula is C23H30N2O5S. The lowest BCUT2D eigenvalue weighted by Crippen LogP contribution is -2.29. The van der Waals surface area contributed by atoms with Crippen LogP contribution in [0.5, 0.6) is 5.75 Å². The van der Waals surface area contributed by atoms with E-state index in [0.29, 0.717) is 11.4 Å². The molecule has 0 aliphatic carbocycles. The van der Waals surface area contributed by atoms with Gasteiger partial charge in [-0.1, -0.05) is 12.1 Å². The fourth-order valence-corrected chi connectivity index (χ4v) is 4.13. The number of rotatable bonds is 7. The van der Waals surface area contributed by atoms with Gasteiger partial charge in [-0.25, -0.2) is 13.2 Å². The smallest absolute Gasteiger partial charge is 0.410 e. The van der Waals surface area contributed by atoms with Gasteiger partial charge in [0, 0.05) is 38.5 Å². The predicted molar refractivity (Wildman–Crippen MR) is 120 cm³/mol. The van der Waals surface area contributed by atoms with Crippen molar-refractivity contribution in [3.05, 3.63) is 54.1 Å². The highest BCUT2D eigenvalue weighted by Crippen LogP contribution is 2.25. The maximum absolute atomic E-state index is 12.0. The number of hydrogen-bond donors (Lipinski definition) is 0. The van der Waals surface area contributed by atoms with Gasteiger partial charge in [-0.05, 0) is 55.8 Å². The first-order valence-electron chi connectivity index (χ1n) is 10.3. The quantitative estimate of drug-likeness (QED) is 0.645. The number of sulfone groups is 1. The Kier molecular flexibility index (Phi) is 7.10. The molecule has 3 rings (SSSR count). The van der Waals surface area contributed by atoms with Crippen LogP contribution in [0.15, 0.2) is 53.4 Å². The van der Waals surface area contributed by atoms with E-state index < -0.39 is 9.84 Å². The zero-order chi connectivity index (χ0) is 22.6. The molecular weight excluding hydrogens is 416 g/mol. The zero-order valence-corrected chi connectivity index (χ0v) is 19.3. The average molecular weight is 447 g/mol. The number of ether oxygens (including phenoxy) is 2. The minimum atomic E-state index is -3.19. The summed E-state index contributed by atoms with van der Waals surface area (Å²) in [6, 6.07) is 14.7. The SMILES string of the molecule is CC(C)OC(=O)N(C)Cc1cccc(O[C@H]2CCN(c3ccc(S(C)(=O)=O)cc3)C2)c1. The Bertz CT molecular complexity index is 1000. The zero-order valence-electron chi connectivity index (χ0n) is 18.4. The maximum Gasteiger partial charge on any atom is 0.410 e. The normalized spacial score (nSPS) is 16.4. The lowest BCUT2D eigenvalue weighted by molar-refractivity contribution is 0.0822. The Balaban J connectivity index is 1.57. The Morgan fingerprint density at radius 2 is 1.90 bits per heavy atom. The van der Waals surface area contributed by atoms with Gasteiger partial charge in [0.1, 0.15) is 11.9 Å². The van der Waals surface area contributed by atoms with Crippen molar-refractivity contribution in [1.82, 2.24) is 4.90 Å². The van der Waals surface area contributed by atoms with E-state index in [4.69, 9.17) is 9.47 Å². The van der Waals surface area contributed by atoms with Gasteiger partial charge in [-0.15, -0.1) is 0 Å². The van der Waals surface area contributed by atoms with Crippen LogP contribution in [-0.4, -0.2) is 58.0 Å². The predicted octanol–water partition coefficient (Wildman–Crippen LogP) is 3.72. The molecule has 168 valence electrons. The van der Waals surface area contributed by atoms with Crippen LogP contribution >= 0.6 is 0 Å². The molecule has 0 saturated carbocycles. The number of amides is 1. The molecule has 0 bridgehead atoms. The van der Waals surface area contributed by atoms with Crippen molar-refractivity contribution in [3.8, 4) is 5.75 Å². The summed E-state index contributed by atoms with van der Waals surface area (Å²) in [6.45, 7) is 5.65. The van der Waals surface area contributed by atoms with Crippen molar-refractivity contribution in [3.63, 3.8) is 0 Å². The van der Waals surface area contributed by atoms with Crippen LogP contribution in [0.2, 0.25) is 0 Å². The van der Waals surface area contributed by atoms with E-state index >= 15 is 0 Å². The molecule has 1 atom stereocenters. The summed E-state index contributed by atoms with van der Waals surface area (Å²) < 4.78 is 34.7. The van der Waals surface area contributed by atoms with Gasteiger partial charge in [0.2, 0.25) is 0 Å². The molecule has 1 amide bonds. The fourth-order valence-electron chi connectivity index (χ4n) is 3.50. The first-order valence-corrected chi connectivity index (χ1v) is 12.2. The number of carbonyl (C=O) groups excluding carboxylic acids is 1. The van der Waals surface area contributed by atoms with E-state index in [2.05, 4.69) is 4.90 Å². The van der Waals surface area contributed by atoms with Crippen molar-refractivity contribution < 1.29 is 22.7 Å². The van der Waals surface area contributed by atoms with E-state index in [0.717, 1.165) is 36.5 Å². The number of benzene rings is 2. The summed E-state index contributed by atoms with van der Waals surface area (Å²) in [7, 11) is -1.48. The van der Waals surface area contributed by atoms with Crippen molar-refractivity contribution in [1.29, 1.82) is 0 Å². The van der Waals surface area contributed by atoms with Gasteiger partial charge in [0.25, 0.3) is 0 Å². The molecule has 2 aromatic rings. The number of anilines is 1. The highest BCUT2D eigenvalue weighted by molar-refractivity contribution is 7.90. The number of hydrogen-bond acceptors (Lipinski definition) is 6. The van der Waals surface area contributed by atoms with Crippen LogP contribution in [0.3, 0.4) is 0 Å². The second-order valence-electron chi connectivity index (χ2n) is 8.18. The van der Waals surface area contributed by atoms with Crippen LogP contribution in [0.4, 0.5) is 10.5 Å². The van der Waals surface area contributed by atoms with Gasteiger partial charge in [0.15, 0.2) is 9.84 Å². The largest absolute Gasteiger partial charge is 0.489 e. The Morgan fingerprint density at radius 3 is 2.55 bits per heavy atom. The molecule has 0 unspecified atom stereocenters. The van der Waals surface area contributed by atoms with Gasteiger partial charge in [-0.3, -0.25) is 0 Å². The lowest BCUT2D eigenvalue weighted by Gasteiger charge is -2.20. The molecule has 31 heavy (non-hydrogen) atoms. The maximum atomic E-state index is 12.0. The monoisotopic (exact) mass is 446 g/mol. The van der Waals surface area contributed by atoms with E-state index in [9.17, 15) is 13.2 Å². The third-order valence-electron chi connectivity index (χ3n) is 5.04. The van der Waals surface area contributed by atoms with Crippen molar-refractivity contribution >= 4 is 21.6 Å². The first kappa shape index (κ1) is 22.9. The Hall–Kier alpha value is -2.74. The molecule has 0 radical (unpaired) electrons. The van der Waals surface area contributed by atoms with Crippen LogP contribution in [0, 0.1) is 0 Å². The van der Waals surface area contributed by atoms with Crippen LogP contribution < -0.4 is 9.64 Å². The van der Waals surface area contributed by atoms with Crippen LogP contribution in [-0.2, 0) is 21.1 Å². The Morgan fingerprint density at radius 1 is 1.19 bits per heavy atom. The highest BCUT2D eigenvalue weighted by Gasteiger charge is 2.24. The van der Waals surface area contributed by atoms with E-state index in [1.54, 1.807) is 19.2 Å². The van der Waals surface area contributed by atoms with E-state index in [1.165, 1.54) is 11.2 Å². The first-order chi connectivity index (χ1) is 14.6.